The Bertz CT molecular complexity index is 610. The van der Waals surface area contributed by atoms with Crippen molar-refractivity contribution in [3.63, 3.8) is 0 Å². The van der Waals surface area contributed by atoms with Gasteiger partial charge in [-0.05, 0) is 37.8 Å². The molecule has 1 aromatic carbocycles. The lowest BCUT2D eigenvalue weighted by molar-refractivity contribution is 0.0975. The van der Waals surface area contributed by atoms with E-state index >= 15 is 0 Å². The Kier molecular flexibility index (Phi) is 9.55. The van der Waals surface area contributed by atoms with E-state index in [0.29, 0.717) is 23.6 Å². The molecule has 0 aliphatic heterocycles. The van der Waals surface area contributed by atoms with Crippen molar-refractivity contribution < 1.29 is 4.79 Å². The van der Waals surface area contributed by atoms with Gasteiger partial charge in [0.25, 0.3) is 5.91 Å². The average molecular weight is 398 g/mol. The summed E-state index contributed by atoms with van der Waals surface area (Å²) in [6, 6.07) is 10.2. The largest absolute Gasteiger partial charge is 0.353 e. The van der Waals surface area contributed by atoms with Crippen LogP contribution in [0.1, 0.15) is 107 Å². The Morgan fingerprint density at radius 3 is 1.83 bits per heavy atom. The van der Waals surface area contributed by atoms with Crippen LogP contribution in [0.15, 0.2) is 35.3 Å². The minimum Gasteiger partial charge on any atom is -0.353 e. The van der Waals surface area contributed by atoms with Gasteiger partial charge in [0, 0.05) is 11.6 Å². The Morgan fingerprint density at radius 2 is 1.24 bits per heavy atom. The van der Waals surface area contributed by atoms with E-state index in [4.69, 9.17) is 4.99 Å². The molecule has 0 heterocycles. The predicted octanol–water partition coefficient (Wildman–Crippen LogP) is 5.98. The smallest absolute Gasteiger partial charge is 0.257 e. The second-order valence-electron chi connectivity index (χ2n) is 8.84. The van der Waals surface area contributed by atoms with Crippen LogP contribution in [0.4, 0.5) is 0 Å². The molecule has 29 heavy (non-hydrogen) atoms. The zero-order valence-electron chi connectivity index (χ0n) is 18.0. The molecule has 1 aromatic rings. The van der Waals surface area contributed by atoms with E-state index in [0.717, 1.165) is 12.8 Å². The number of hydrogen-bond acceptors (Lipinski definition) is 2. The van der Waals surface area contributed by atoms with Gasteiger partial charge in [-0.3, -0.25) is 10.1 Å². The molecular formula is C25H39N3O. The number of guanidine groups is 1. The summed E-state index contributed by atoms with van der Waals surface area (Å²) in [5, 5.41) is 6.76. The maximum atomic E-state index is 12.8. The molecule has 4 nitrogen and oxygen atoms in total. The minimum absolute atomic E-state index is 0.0641. The zero-order chi connectivity index (χ0) is 20.2. The van der Waals surface area contributed by atoms with Crippen LogP contribution < -0.4 is 10.6 Å². The molecule has 0 unspecified atom stereocenters. The van der Waals surface area contributed by atoms with Gasteiger partial charge in [-0.15, -0.1) is 0 Å². The first-order valence-corrected chi connectivity index (χ1v) is 12.0. The van der Waals surface area contributed by atoms with Crippen molar-refractivity contribution >= 4 is 11.9 Å². The third-order valence-electron chi connectivity index (χ3n) is 6.35. The van der Waals surface area contributed by atoms with E-state index < -0.39 is 0 Å². The van der Waals surface area contributed by atoms with Crippen molar-refractivity contribution in [2.45, 2.75) is 108 Å². The number of benzene rings is 1. The fourth-order valence-corrected chi connectivity index (χ4v) is 4.59. The minimum atomic E-state index is -0.0641. The van der Waals surface area contributed by atoms with Crippen LogP contribution in [0.5, 0.6) is 0 Å². The Balaban J connectivity index is 1.70. The second-order valence-corrected chi connectivity index (χ2v) is 8.84. The van der Waals surface area contributed by atoms with Crippen LogP contribution in [0.25, 0.3) is 0 Å². The van der Waals surface area contributed by atoms with Gasteiger partial charge in [-0.1, -0.05) is 88.8 Å². The number of amides is 1. The number of rotatable bonds is 3. The quantitative estimate of drug-likeness (QED) is 0.487. The number of hydrogen-bond donors (Lipinski definition) is 2. The van der Waals surface area contributed by atoms with Gasteiger partial charge in [0.2, 0.25) is 0 Å². The lowest BCUT2D eigenvalue weighted by atomic mass is 9.97. The van der Waals surface area contributed by atoms with Gasteiger partial charge in [0.05, 0.1) is 6.04 Å². The van der Waals surface area contributed by atoms with Crippen LogP contribution in [-0.4, -0.2) is 24.0 Å². The molecule has 2 aliphatic carbocycles. The van der Waals surface area contributed by atoms with Crippen molar-refractivity contribution in [2.24, 2.45) is 4.99 Å². The molecule has 3 rings (SSSR count). The van der Waals surface area contributed by atoms with E-state index in [1.54, 1.807) is 0 Å². The molecule has 0 spiro atoms. The molecule has 2 N–H and O–H groups in total. The molecule has 2 fully saturated rings. The summed E-state index contributed by atoms with van der Waals surface area (Å²) in [4.78, 5) is 17.9. The molecular weight excluding hydrogens is 358 g/mol. The summed E-state index contributed by atoms with van der Waals surface area (Å²) in [6.07, 6.45) is 19.0. The Hall–Kier alpha value is -1.84. The van der Waals surface area contributed by atoms with Gasteiger partial charge >= 0.3 is 0 Å². The van der Waals surface area contributed by atoms with E-state index in [1.807, 2.05) is 30.3 Å². The van der Waals surface area contributed by atoms with Gasteiger partial charge in [0.15, 0.2) is 5.96 Å². The van der Waals surface area contributed by atoms with Gasteiger partial charge < -0.3 is 5.32 Å². The fourth-order valence-electron chi connectivity index (χ4n) is 4.59. The molecule has 2 aliphatic rings. The molecule has 0 atom stereocenters. The van der Waals surface area contributed by atoms with Crippen molar-refractivity contribution in [3.05, 3.63) is 35.9 Å². The molecule has 2 saturated carbocycles. The lowest BCUT2D eigenvalue weighted by Gasteiger charge is -2.24. The highest BCUT2D eigenvalue weighted by Gasteiger charge is 2.18. The summed E-state index contributed by atoms with van der Waals surface area (Å²) in [7, 11) is 0. The first-order valence-electron chi connectivity index (χ1n) is 12.0. The highest BCUT2D eigenvalue weighted by Crippen LogP contribution is 2.20. The van der Waals surface area contributed by atoms with Crippen LogP contribution in [0.2, 0.25) is 0 Å². The van der Waals surface area contributed by atoms with Crippen LogP contribution >= 0.6 is 0 Å². The molecule has 0 saturated heterocycles. The number of nitrogens with zero attached hydrogens (tertiary/aromatic N) is 1. The summed E-state index contributed by atoms with van der Waals surface area (Å²) in [6.45, 7) is 0. The van der Waals surface area contributed by atoms with E-state index in [9.17, 15) is 4.79 Å². The van der Waals surface area contributed by atoms with E-state index in [-0.39, 0.29) is 5.91 Å². The Morgan fingerprint density at radius 1 is 0.724 bits per heavy atom. The van der Waals surface area contributed by atoms with Gasteiger partial charge in [-0.25, -0.2) is 4.99 Å². The summed E-state index contributed by atoms with van der Waals surface area (Å²) >= 11 is 0. The summed E-state index contributed by atoms with van der Waals surface area (Å²) in [5.41, 5.74) is 0.689. The number of nitrogens with one attached hydrogen (secondary N) is 2. The molecule has 0 bridgehead atoms. The SMILES string of the molecule is O=C(NC(=NC1CCCCCCCC1)NC1CCCCCCC1)c1ccccc1. The van der Waals surface area contributed by atoms with Crippen LogP contribution in [0.3, 0.4) is 0 Å². The summed E-state index contributed by atoms with van der Waals surface area (Å²) < 4.78 is 0. The Labute approximate surface area is 177 Å². The average Bonchev–Trinajstić information content (AvgIpc) is 2.84. The topological polar surface area (TPSA) is 53.5 Å². The van der Waals surface area contributed by atoms with Crippen molar-refractivity contribution in [3.8, 4) is 0 Å². The van der Waals surface area contributed by atoms with Crippen molar-refractivity contribution in [2.75, 3.05) is 0 Å². The van der Waals surface area contributed by atoms with Crippen LogP contribution in [0, 0.1) is 0 Å². The third-order valence-corrected chi connectivity index (χ3v) is 6.35. The standard InChI is InChI=1S/C25H39N3O/c29-24(21-15-9-8-10-16-21)28-25(27-23-19-13-6-3-7-14-20-23)26-22-17-11-4-1-2-5-12-18-22/h8-10,15-16,22-23H,1-7,11-14,17-20H2,(H2,26,27,28,29). The maximum absolute atomic E-state index is 12.8. The second kappa shape index (κ2) is 12.7. The van der Waals surface area contributed by atoms with Crippen molar-refractivity contribution in [1.82, 2.24) is 10.6 Å². The highest BCUT2D eigenvalue weighted by molar-refractivity contribution is 6.05. The first-order chi connectivity index (χ1) is 14.3. The highest BCUT2D eigenvalue weighted by atomic mass is 16.1. The van der Waals surface area contributed by atoms with Gasteiger partial charge in [-0.2, -0.15) is 0 Å². The molecule has 160 valence electrons. The monoisotopic (exact) mass is 397 g/mol. The van der Waals surface area contributed by atoms with Crippen LogP contribution in [-0.2, 0) is 0 Å². The van der Waals surface area contributed by atoms with E-state index in [2.05, 4.69) is 10.6 Å². The third kappa shape index (κ3) is 8.20. The number of carbonyl (C=O) groups is 1. The number of carbonyl (C=O) groups excluding carboxylic acids is 1. The normalized spacial score (nSPS) is 21.2. The van der Waals surface area contributed by atoms with Crippen molar-refractivity contribution in [1.29, 1.82) is 0 Å². The molecule has 4 heteroatoms. The first kappa shape index (κ1) is 21.9. The lowest BCUT2D eigenvalue weighted by Crippen LogP contribution is -2.46. The fraction of sp³-hybridized carbons (Fsp3) is 0.680. The maximum Gasteiger partial charge on any atom is 0.257 e. The number of aliphatic imine (C=N–C) groups is 1. The van der Waals surface area contributed by atoms with Gasteiger partial charge in [0.1, 0.15) is 0 Å². The molecule has 0 radical (unpaired) electrons. The summed E-state index contributed by atoms with van der Waals surface area (Å²) in [5.74, 6) is 0.638. The zero-order valence-corrected chi connectivity index (χ0v) is 18.0. The van der Waals surface area contributed by atoms with E-state index in [1.165, 1.54) is 83.5 Å². The molecule has 0 aromatic heterocycles. The predicted molar refractivity (Wildman–Crippen MR) is 121 cm³/mol. The molecule has 1 amide bonds.